The van der Waals surface area contributed by atoms with Gasteiger partial charge in [-0.2, -0.15) is 9.59 Å². The highest BCUT2D eigenvalue weighted by molar-refractivity contribution is 7.99. The molecule has 0 aliphatic carbocycles. The Labute approximate surface area is 184 Å². The van der Waals surface area contributed by atoms with Gasteiger partial charge in [-0.25, -0.2) is 19.9 Å². The fraction of sp³-hybridized carbons (Fsp3) is 0.176. The van der Waals surface area contributed by atoms with Crippen LogP contribution in [-0.2, 0) is 19.1 Å². The van der Waals surface area contributed by atoms with E-state index in [0.717, 1.165) is 10.2 Å². The van der Waals surface area contributed by atoms with Gasteiger partial charge in [0.05, 0.1) is 12.9 Å². The van der Waals surface area contributed by atoms with Crippen molar-refractivity contribution in [2.45, 2.75) is 12.1 Å². The Bertz CT molecular complexity index is 1020. The SMILES string of the molecule is C=Cc1cnc(Cl)nc1Cl.COC(=O)CSc1ncc2cc(C)sc2n1.O=C=O. The van der Waals surface area contributed by atoms with Crippen molar-refractivity contribution in [2.75, 3.05) is 12.9 Å². The van der Waals surface area contributed by atoms with E-state index in [1.165, 1.54) is 29.9 Å². The van der Waals surface area contributed by atoms with Crippen molar-refractivity contribution in [1.82, 2.24) is 19.9 Å². The third-order valence-electron chi connectivity index (χ3n) is 2.88. The lowest BCUT2D eigenvalue weighted by molar-refractivity contribution is -0.191. The molecule has 3 aromatic rings. The average Bonchev–Trinajstić information content (AvgIpc) is 3.06. The van der Waals surface area contributed by atoms with Crippen LogP contribution in [0, 0.1) is 6.92 Å². The summed E-state index contributed by atoms with van der Waals surface area (Å²) in [5, 5.41) is 2.13. The van der Waals surface area contributed by atoms with Crippen LogP contribution in [0.2, 0.25) is 10.4 Å². The van der Waals surface area contributed by atoms with Crippen LogP contribution in [0.5, 0.6) is 0 Å². The van der Waals surface area contributed by atoms with Gasteiger partial charge in [0.1, 0.15) is 9.98 Å². The highest BCUT2D eigenvalue weighted by Crippen LogP contribution is 2.24. The summed E-state index contributed by atoms with van der Waals surface area (Å²) in [6, 6.07) is 2.05. The van der Waals surface area contributed by atoms with Crippen molar-refractivity contribution in [3.05, 3.63) is 45.9 Å². The van der Waals surface area contributed by atoms with Crippen LogP contribution in [0.3, 0.4) is 0 Å². The molecule has 0 atom stereocenters. The predicted octanol–water partition coefficient (Wildman–Crippen LogP) is 4.11. The van der Waals surface area contributed by atoms with Gasteiger partial charge in [0.15, 0.2) is 5.16 Å². The number of hydrogen-bond donors (Lipinski definition) is 0. The van der Waals surface area contributed by atoms with E-state index in [2.05, 4.69) is 37.3 Å². The van der Waals surface area contributed by atoms with Gasteiger partial charge in [-0.1, -0.05) is 36.0 Å². The van der Waals surface area contributed by atoms with Crippen molar-refractivity contribution in [3.63, 3.8) is 0 Å². The zero-order valence-electron chi connectivity index (χ0n) is 15.2. The second-order valence-corrected chi connectivity index (χ2v) is 7.68. The topological polar surface area (TPSA) is 112 Å². The van der Waals surface area contributed by atoms with Crippen LogP contribution in [0.4, 0.5) is 0 Å². The van der Waals surface area contributed by atoms with E-state index >= 15 is 0 Å². The zero-order valence-corrected chi connectivity index (χ0v) is 18.4. The Morgan fingerprint density at radius 1 is 1.31 bits per heavy atom. The summed E-state index contributed by atoms with van der Waals surface area (Å²) >= 11 is 14.0. The van der Waals surface area contributed by atoms with Crippen LogP contribution >= 0.6 is 46.3 Å². The second kappa shape index (κ2) is 13.0. The highest BCUT2D eigenvalue weighted by atomic mass is 35.5. The maximum absolute atomic E-state index is 11.0. The fourth-order valence-corrected chi connectivity index (χ4v) is 3.62. The molecule has 0 aliphatic heterocycles. The number of carbonyl (C=O) groups is 1. The van der Waals surface area contributed by atoms with Gasteiger partial charge in [-0.05, 0) is 24.6 Å². The van der Waals surface area contributed by atoms with Gasteiger partial charge < -0.3 is 4.74 Å². The lowest BCUT2D eigenvalue weighted by Gasteiger charge is -1.98. The summed E-state index contributed by atoms with van der Waals surface area (Å²) in [5.41, 5.74) is 0.686. The van der Waals surface area contributed by atoms with Crippen molar-refractivity contribution >= 4 is 74.7 Å². The van der Waals surface area contributed by atoms with Crippen LogP contribution in [0.15, 0.2) is 30.2 Å². The van der Waals surface area contributed by atoms with Crippen LogP contribution in [0.1, 0.15) is 10.4 Å². The molecule has 0 unspecified atom stereocenters. The van der Waals surface area contributed by atoms with Gasteiger partial charge in [0, 0.05) is 28.2 Å². The molecule has 0 aromatic carbocycles. The Balaban J connectivity index is 0.000000277. The third kappa shape index (κ3) is 8.68. The molecule has 3 heterocycles. The molecule has 0 aliphatic rings. The molecule has 0 amide bonds. The highest BCUT2D eigenvalue weighted by Gasteiger charge is 2.06. The first-order valence-electron chi connectivity index (χ1n) is 7.57. The number of aromatic nitrogens is 4. The lowest BCUT2D eigenvalue weighted by atomic mass is 10.3. The Morgan fingerprint density at radius 2 is 2.00 bits per heavy atom. The summed E-state index contributed by atoms with van der Waals surface area (Å²) in [6.45, 7) is 5.55. The Kier molecular flexibility index (Phi) is 11.0. The molecule has 0 N–H and O–H groups in total. The second-order valence-electron chi connectivity index (χ2n) is 4.81. The molecule has 8 nitrogen and oxygen atoms in total. The molecule has 3 aromatic heterocycles. The van der Waals surface area contributed by atoms with E-state index in [1.54, 1.807) is 23.6 Å². The summed E-state index contributed by atoms with van der Waals surface area (Å²) in [5.74, 6) is -0.0251. The molecule has 12 heteroatoms. The molecular weight excluding hydrogens is 459 g/mol. The number of hydrogen-bond acceptors (Lipinski definition) is 10. The molecule has 0 bridgehead atoms. The summed E-state index contributed by atoms with van der Waals surface area (Å²) in [6.07, 6.45) is 5.12. The number of halogens is 2. The first kappa shape index (κ1) is 24.7. The molecule has 0 saturated heterocycles. The third-order valence-corrected chi connectivity index (χ3v) is 5.16. The predicted molar refractivity (Wildman–Crippen MR) is 112 cm³/mol. The molecule has 152 valence electrons. The molecule has 3 rings (SSSR count). The van der Waals surface area contributed by atoms with Crippen molar-refractivity contribution in [3.8, 4) is 0 Å². The number of esters is 1. The van der Waals surface area contributed by atoms with E-state index in [9.17, 15) is 4.79 Å². The van der Waals surface area contributed by atoms with Crippen LogP contribution in [0.25, 0.3) is 16.3 Å². The monoisotopic (exact) mass is 472 g/mol. The quantitative estimate of drug-likeness (QED) is 0.239. The fourth-order valence-electron chi connectivity index (χ4n) is 1.68. The van der Waals surface area contributed by atoms with E-state index in [4.69, 9.17) is 32.8 Å². The standard InChI is InChI=1S/C10H10N2O2S2.C6H4Cl2N2.CO2/c1-6-3-7-4-11-10(12-9(7)16-6)15-5-8(13)14-2;1-2-4-3-9-6(8)10-5(4)7;2-1-3/h3-4H,5H2,1-2H3;2-3H,1H2;. The Hall–Kier alpha value is -2.36. The minimum absolute atomic E-state index is 0.149. The first-order valence-corrected chi connectivity index (χ1v) is 10.1. The molecule has 0 radical (unpaired) electrons. The minimum atomic E-state index is -0.268. The molecule has 0 fully saturated rings. The van der Waals surface area contributed by atoms with Crippen molar-refractivity contribution in [1.29, 1.82) is 0 Å². The maximum atomic E-state index is 11.0. The van der Waals surface area contributed by atoms with Gasteiger partial charge in [-0.15, -0.1) is 11.3 Å². The number of ether oxygens (including phenoxy) is 1. The van der Waals surface area contributed by atoms with Gasteiger partial charge in [-0.3, -0.25) is 4.79 Å². The number of methoxy groups -OCH3 is 1. The number of nitrogens with zero attached hydrogens (tertiary/aromatic N) is 4. The van der Waals surface area contributed by atoms with Crippen LogP contribution < -0.4 is 0 Å². The minimum Gasteiger partial charge on any atom is -0.468 e. The summed E-state index contributed by atoms with van der Waals surface area (Å²) < 4.78 is 4.55. The first-order chi connectivity index (χ1) is 13.8. The maximum Gasteiger partial charge on any atom is 0.373 e. The zero-order chi connectivity index (χ0) is 21.8. The van der Waals surface area contributed by atoms with E-state index < -0.39 is 0 Å². The normalized spacial score (nSPS) is 9.38. The number of thioether (sulfide) groups is 1. The smallest absolute Gasteiger partial charge is 0.373 e. The van der Waals surface area contributed by atoms with Crippen LogP contribution in [-0.4, -0.2) is 44.9 Å². The number of carbonyl (C=O) groups excluding carboxylic acids is 3. The average molecular weight is 473 g/mol. The van der Waals surface area contributed by atoms with Gasteiger partial charge in [0.2, 0.25) is 5.28 Å². The van der Waals surface area contributed by atoms with E-state index in [-0.39, 0.29) is 23.2 Å². The van der Waals surface area contributed by atoms with Crippen molar-refractivity contribution in [2.24, 2.45) is 0 Å². The lowest BCUT2D eigenvalue weighted by Crippen LogP contribution is -2.03. The summed E-state index contributed by atoms with van der Waals surface area (Å²) in [4.78, 5) is 45.3. The van der Waals surface area contributed by atoms with Crippen molar-refractivity contribution < 1.29 is 19.1 Å². The molecule has 0 spiro atoms. The Morgan fingerprint density at radius 3 is 2.59 bits per heavy atom. The summed E-state index contributed by atoms with van der Waals surface area (Å²) in [7, 11) is 1.37. The van der Waals surface area contributed by atoms with Gasteiger partial charge in [0.25, 0.3) is 0 Å². The number of fused-ring (bicyclic) bond motifs is 1. The number of rotatable bonds is 4. The number of aryl methyl sites for hydroxylation is 1. The van der Waals surface area contributed by atoms with E-state index in [1.807, 2.05) is 6.92 Å². The largest absolute Gasteiger partial charge is 0.468 e. The van der Waals surface area contributed by atoms with Gasteiger partial charge >= 0.3 is 12.1 Å². The number of thiophene rings is 1. The van der Waals surface area contributed by atoms with E-state index in [0.29, 0.717) is 15.9 Å². The molecule has 0 saturated carbocycles. The molecular formula is C17H14Cl2N4O4S2. The molecule has 29 heavy (non-hydrogen) atoms.